The van der Waals surface area contributed by atoms with E-state index in [9.17, 15) is 18.4 Å². The molecule has 1 aromatic heterocycles. The molecule has 162 valence electrons. The Hall–Kier alpha value is -3.03. The highest BCUT2D eigenvalue weighted by molar-refractivity contribution is 5.94. The van der Waals surface area contributed by atoms with Crippen molar-refractivity contribution in [1.82, 2.24) is 10.3 Å². The molecule has 30 heavy (non-hydrogen) atoms. The molecule has 0 radical (unpaired) electrons. The van der Waals surface area contributed by atoms with Gasteiger partial charge in [-0.05, 0) is 36.8 Å². The maximum absolute atomic E-state index is 12.6. The zero-order valence-corrected chi connectivity index (χ0v) is 17.4. The van der Waals surface area contributed by atoms with E-state index >= 15 is 0 Å². The number of alkyl halides is 2. The van der Waals surface area contributed by atoms with E-state index in [1.165, 1.54) is 19.4 Å². The third-order valence-corrected chi connectivity index (χ3v) is 4.48. The molecule has 0 aliphatic heterocycles. The van der Waals surface area contributed by atoms with E-state index in [2.05, 4.69) is 10.3 Å². The standard InChI is InChI=1S/C22H26F2N2O4/c1-13(2)18(27)11-17-9-16(7-8-25-17)22(28)26-14(3)15-5-6-19(20(10-15)29-4)30-12-21(23)24/h5-10,13-14,21H,11-12H2,1-4H3,(H,26,28). The van der Waals surface area contributed by atoms with Crippen LogP contribution in [0, 0.1) is 5.92 Å². The van der Waals surface area contributed by atoms with Gasteiger partial charge >= 0.3 is 0 Å². The molecule has 0 aliphatic carbocycles. The number of ketones is 1. The molecule has 0 aliphatic rings. The molecular weight excluding hydrogens is 394 g/mol. The summed E-state index contributed by atoms with van der Waals surface area (Å²) in [6, 6.07) is 7.63. The van der Waals surface area contributed by atoms with Gasteiger partial charge < -0.3 is 14.8 Å². The zero-order chi connectivity index (χ0) is 22.3. The van der Waals surface area contributed by atoms with Crippen molar-refractivity contribution in [2.24, 2.45) is 5.92 Å². The topological polar surface area (TPSA) is 77.5 Å². The lowest BCUT2D eigenvalue weighted by molar-refractivity contribution is -0.121. The van der Waals surface area contributed by atoms with Gasteiger partial charge in [0.25, 0.3) is 12.3 Å². The minimum Gasteiger partial charge on any atom is -0.493 e. The summed E-state index contributed by atoms with van der Waals surface area (Å²) in [7, 11) is 1.41. The first kappa shape index (κ1) is 23.3. The van der Waals surface area contributed by atoms with Crippen LogP contribution in [0.15, 0.2) is 36.5 Å². The van der Waals surface area contributed by atoms with Crippen LogP contribution in [0.2, 0.25) is 0 Å². The molecule has 0 spiro atoms. The number of carbonyl (C=O) groups is 2. The Morgan fingerprint density at radius 1 is 1.10 bits per heavy atom. The van der Waals surface area contributed by atoms with E-state index in [0.29, 0.717) is 22.6 Å². The monoisotopic (exact) mass is 420 g/mol. The lowest BCUT2D eigenvalue weighted by Gasteiger charge is -2.17. The van der Waals surface area contributed by atoms with Crippen LogP contribution in [-0.4, -0.2) is 36.8 Å². The SMILES string of the molecule is COc1cc(C(C)NC(=O)c2ccnc(CC(=O)C(C)C)c2)ccc1OCC(F)F. The van der Waals surface area contributed by atoms with Crippen molar-refractivity contribution in [1.29, 1.82) is 0 Å². The molecule has 0 bridgehead atoms. The highest BCUT2D eigenvalue weighted by Gasteiger charge is 2.16. The molecule has 1 N–H and O–H groups in total. The Balaban J connectivity index is 2.09. The van der Waals surface area contributed by atoms with Crippen LogP contribution in [0.1, 0.15) is 48.4 Å². The Morgan fingerprint density at radius 2 is 1.83 bits per heavy atom. The van der Waals surface area contributed by atoms with Gasteiger partial charge in [-0.15, -0.1) is 0 Å². The maximum atomic E-state index is 12.6. The number of hydrogen-bond acceptors (Lipinski definition) is 5. The number of methoxy groups -OCH3 is 1. The van der Waals surface area contributed by atoms with Crippen LogP contribution >= 0.6 is 0 Å². The number of rotatable bonds is 10. The number of nitrogens with zero attached hydrogens (tertiary/aromatic N) is 1. The predicted molar refractivity (Wildman–Crippen MR) is 108 cm³/mol. The van der Waals surface area contributed by atoms with Crippen LogP contribution in [0.4, 0.5) is 8.78 Å². The molecule has 1 unspecified atom stereocenters. The second-order valence-electron chi connectivity index (χ2n) is 7.14. The fourth-order valence-corrected chi connectivity index (χ4v) is 2.69. The van der Waals surface area contributed by atoms with E-state index in [0.717, 1.165) is 0 Å². The number of nitrogens with one attached hydrogen (secondary N) is 1. The number of halogens is 2. The molecule has 0 fully saturated rings. The number of pyridine rings is 1. The highest BCUT2D eigenvalue weighted by Crippen LogP contribution is 2.30. The maximum Gasteiger partial charge on any atom is 0.272 e. The normalized spacial score (nSPS) is 12.0. The second-order valence-corrected chi connectivity index (χ2v) is 7.14. The average molecular weight is 420 g/mol. The van der Waals surface area contributed by atoms with Crippen molar-refractivity contribution in [3.63, 3.8) is 0 Å². The van der Waals surface area contributed by atoms with Crippen molar-refractivity contribution < 1.29 is 27.8 Å². The minimum atomic E-state index is -2.59. The van der Waals surface area contributed by atoms with Crippen LogP contribution in [0.5, 0.6) is 11.5 Å². The van der Waals surface area contributed by atoms with Crippen molar-refractivity contribution in [2.45, 2.75) is 39.7 Å². The molecule has 0 saturated carbocycles. The van der Waals surface area contributed by atoms with Crippen molar-refractivity contribution in [2.75, 3.05) is 13.7 Å². The third kappa shape index (κ3) is 6.50. The van der Waals surface area contributed by atoms with Crippen molar-refractivity contribution >= 4 is 11.7 Å². The van der Waals surface area contributed by atoms with Gasteiger partial charge in [-0.3, -0.25) is 14.6 Å². The molecular formula is C22H26F2N2O4. The van der Waals surface area contributed by atoms with Gasteiger partial charge in [-0.25, -0.2) is 8.78 Å². The third-order valence-electron chi connectivity index (χ3n) is 4.48. The summed E-state index contributed by atoms with van der Waals surface area (Å²) < 4.78 is 35.0. The average Bonchev–Trinajstić information content (AvgIpc) is 2.71. The van der Waals surface area contributed by atoms with Crippen LogP contribution in [0.25, 0.3) is 0 Å². The van der Waals surface area contributed by atoms with E-state index < -0.39 is 13.0 Å². The number of Topliss-reactive ketones (excluding diaryl/α,β-unsaturated/α-hetero) is 1. The Kier molecular flexibility index (Phi) is 8.26. The smallest absolute Gasteiger partial charge is 0.272 e. The molecule has 1 aromatic carbocycles. The van der Waals surface area contributed by atoms with Crippen LogP contribution in [0.3, 0.4) is 0 Å². The summed E-state index contributed by atoms with van der Waals surface area (Å²) in [6.45, 7) is 4.69. The number of aromatic nitrogens is 1. The summed E-state index contributed by atoms with van der Waals surface area (Å²) in [5.74, 6) is 0.128. The molecule has 1 atom stereocenters. The summed E-state index contributed by atoms with van der Waals surface area (Å²) >= 11 is 0. The van der Waals surface area contributed by atoms with Gasteiger partial charge in [0.05, 0.1) is 13.2 Å². The summed E-state index contributed by atoms with van der Waals surface area (Å²) in [5, 5.41) is 2.87. The predicted octanol–water partition coefficient (Wildman–Crippen LogP) is 3.99. The number of ether oxygens (including phenoxy) is 2. The largest absolute Gasteiger partial charge is 0.493 e. The van der Waals surface area contributed by atoms with Gasteiger partial charge in [-0.2, -0.15) is 0 Å². The lowest BCUT2D eigenvalue weighted by atomic mass is 10.0. The molecule has 1 amide bonds. The Labute approximate surface area is 174 Å². The Bertz CT molecular complexity index is 887. The number of amides is 1. The first-order valence-corrected chi connectivity index (χ1v) is 9.58. The fraction of sp³-hybridized carbons (Fsp3) is 0.409. The Morgan fingerprint density at radius 3 is 2.47 bits per heavy atom. The molecule has 2 aromatic rings. The van der Waals surface area contributed by atoms with Gasteiger partial charge in [0.15, 0.2) is 11.5 Å². The minimum absolute atomic E-state index is 0.0506. The quantitative estimate of drug-likeness (QED) is 0.629. The van der Waals surface area contributed by atoms with Gasteiger partial charge in [0.1, 0.15) is 12.4 Å². The highest BCUT2D eigenvalue weighted by atomic mass is 19.3. The molecule has 6 nitrogen and oxygen atoms in total. The van der Waals surface area contributed by atoms with Gasteiger partial charge in [0.2, 0.25) is 0 Å². The van der Waals surface area contributed by atoms with E-state index in [4.69, 9.17) is 9.47 Å². The van der Waals surface area contributed by atoms with Crippen molar-refractivity contribution in [3.05, 3.63) is 53.3 Å². The first-order chi connectivity index (χ1) is 14.2. The zero-order valence-electron chi connectivity index (χ0n) is 17.4. The van der Waals surface area contributed by atoms with E-state index in [1.807, 2.05) is 13.8 Å². The summed E-state index contributed by atoms with van der Waals surface area (Å²) in [5.41, 5.74) is 1.65. The van der Waals surface area contributed by atoms with Crippen LogP contribution in [-0.2, 0) is 11.2 Å². The summed E-state index contributed by atoms with van der Waals surface area (Å²) in [6.07, 6.45) is -0.916. The van der Waals surface area contributed by atoms with Crippen LogP contribution < -0.4 is 14.8 Å². The molecule has 1 heterocycles. The molecule has 2 rings (SSSR count). The summed E-state index contributed by atoms with van der Waals surface area (Å²) in [4.78, 5) is 28.7. The molecule has 8 heteroatoms. The van der Waals surface area contributed by atoms with Gasteiger partial charge in [0, 0.05) is 29.8 Å². The van der Waals surface area contributed by atoms with Gasteiger partial charge in [-0.1, -0.05) is 19.9 Å². The first-order valence-electron chi connectivity index (χ1n) is 9.58. The number of hydrogen-bond donors (Lipinski definition) is 1. The number of carbonyl (C=O) groups excluding carboxylic acids is 2. The van der Waals surface area contributed by atoms with E-state index in [1.54, 1.807) is 31.2 Å². The fourth-order valence-electron chi connectivity index (χ4n) is 2.69. The second kappa shape index (κ2) is 10.7. The molecule has 0 saturated heterocycles. The van der Waals surface area contributed by atoms with E-state index in [-0.39, 0.29) is 35.8 Å². The lowest BCUT2D eigenvalue weighted by Crippen LogP contribution is -2.27. The van der Waals surface area contributed by atoms with Crippen molar-refractivity contribution in [3.8, 4) is 11.5 Å². The number of benzene rings is 1.